The minimum absolute atomic E-state index is 0.216. The Bertz CT molecular complexity index is 822. The van der Waals surface area contributed by atoms with Crippen LogP contribution in [-0.2, 0) is 6.42 Å². The van der Waals surface area contributed by atoms with E-state index < -0.39 is 0 Å². The van der Waals surface area contributed by atoms with Gasteiger partial charge in [-0.25, -0.2) is 9.37 Å². The molecule has 1 saturated heterocycles. The molecule has 156 valence electrons. The summed E-state index contributed by atoms with van der Waals surface area (Å²) in [6.45, 7) is 7.13. The molecule has 2 aromatic rings. The number of halogens is 2. The van der Waals surface area contributed by atoms with Gasteiger partial charge in [0.25, 0.3) is 0 Å². The highest BCUT2D eigenvalue weighted by molar-refractivity contribution is 7.80. The summed E-state index contributed by atoms with van der Waals surface area (Å²) < 4.78 is 12.9. The summed E-state index contributed by atoms with van der Waals surface area (Å²) in [6, 6.07) is 8.36. The van der Waals surface area contributed by atoms with Gasteiger partial charge in [-0.05, 0) is 61.0 Å². The van der Waals surface area contributed by atoms with Crippen molar-refractivity contribution < 1.29 is 4.39 Å². The van der Waals surface area contributed by atoms with E-state index >= 15 is 0 Å². The van der Waals surface area contributed by atoms with Crippen molar-refractivity contribution in [3.8, 4) is 0 Å². The number of hydrogen-bond donors (Lipinski definition) is 2. The van der Waals surface area contributed by atoms with Gasteiger partial charge >= 0.3 is 0 Å². The predicted molar refractivity (Wildman–Crippen MR) is 121 cm³/mol. The molecule has 1 aliphatic rings. The van der Waals surface area contributed by atoms with Crippen molar-refractivity contribution in [2.24, 2.45) is 11.8 Å². The molecule has 0 spiro atoms. The lowest BCUT2D eigenvalue weighted by molar-refractivity contribution is 0.355. The monoisotopic (exact) mass is 435 g/mol. The van der Waals surface area contributed by atoms with Gasteiger partial charge in [0.1, 0.15) is 16.8 Å². The molecule has 0 radical (unpaired) electrons. The van der Waals surface area contributed by atoms with Crippen LogP contribution in [0.3, 0.4) is 0 Å². The van der Waals surface area contributed by atoms with Crippen LogP contribution < -0.4 is 15.5 Å². The van der Waals surface area contributed by atoms with Crippen molar-refractivity contribution >= 4 is 40.7 Å². The molecule has 0 bridgehead atoms. The van der Waals surface area contributed by atoms with E-state index in [1.807, 2.05) is 0 Å². The average Bonchev–Trinajstić information content (AvgIpc) is 2.65. The second kappa shape index (κ2) is 10.2. The molecule has 1 aromatic carbocycles. The third kappa shape index (κ3) is 6.78. The minimum atomic E-state index is -0.216. The molecule has 5 nitrogen and oxygen atoms in total. The van der Waals surface area contributed by atoms with Crippen molar-refractivity contribution in [2.45, 2.75) is 33.1 Å². The second-order valence-corrected chi connectivity index (χ2v) is 8.63. The Morgan fingerprint density at radius 3 is 2.59 bits per heavy atom. The lowest BCUT2D eigenvalue weighted by atomic mass is 9.92. The molecule has 0 unspecified atom stereocenters. The average molecular weight is 436 g/mol. The number of hydrogen-bond acceptors (Lipinski definition) is 4. The lowest BCUT2D eigenvalue weighted by Crippen LogP contribution is -2.39. The largest absolute Gasteiger partial charge is 0.362 e. The SMILES string of the molecule is C[C@H]1C[C@H](C)CN(c2cc(Cl)nc(NC(=S)NCCCc3ccc(F)cc3)n2)C1. The van der Waals surface area contributed by atoms with E-state index in [1.54, 1.807) is 18.2 Å². The Morgan fingerprint density at radius 1 is 1.21 bits per heavy atom. The van der Waals surface area contributed by atoms with E-state index in [0.29, 0.717) is 34.6 Å². The summed E-state index contributed by atoms with van der Waals surface area (Å²) in [5.74, 6) is 2.24. The molecular weight excluding hydrogens is 409 g/mol. The van der Waals surface area contributed by atoms with E-state index in [0.717, 1.165) is 37.3 Å². The quantitative estimate of drug-likeness (QED) is 0.390. The number of benzene rings is 1. The lowest BCUT2D eigenvalue weighted by Gasteiger charge is -2.35. The van der Waals surface area contributed by atoms with Gasteiger partial charge in [-0.2, -0.15) is 4.98 Å². The van der Waals surface area contributed by atoms with E-state index in [4.69, 9.17) is 23.8 Å². The normalized spacial score (nSPS) is 19.1. The summed E-state index contributed by atoms with van der Waals surface area (Å²) in [5, 5.41) is 7.03. The van der Waals surface area contributed by atoms with Crippen LogP contribution in [0.25, 0.3) is 0 Å². The van der Waals surface area contributed by atoms with Crippen LogP contribution in [0.2, 0.25) is 5.15 Å². The summed E-state index contributed by atoms with van der Waals surface area (Å²) in [6.07, 6.45) is 2.95. The number of anilines is 2. The molecule has 29 heavy (non-hydrogen) atoms. The molecule has 1 aromatic heterocycles. The molecule has 0 saturated carbocycles. The van der Waals surface area contributed by atoms with Gasteiger partial charge in [0.2, 0.25) is 5.95 Å². The van der Waals surface area contributed by atoms with Crippen LogP contribution in [-0.4, -0.2) is 34.7 Å². The van der Waals surface area contributed by atoms with Crippen LogP contribution in [0, 0.1) is 17.7 Å². The fraction of sp³-hybridized carbons (Fsp3) is 0.476. The number of aryl methyl sites for hydroxylation is 1. The van der Waals surface area contributed by atoms with Crippen LogP contribution in [0.5, 0.6) is 0 Å². The summed E-state index contributed by atoms with van der Waals surface area (Å²) >= 11 is 11.6. The van der Waals surface area contributed by atoms with Crippen LogP contribution in [0.1, 0.15) is 32.3 Å². The first kappa shape index (κ1) is 21.7. The zero-order valence-electron chi connectivity index (χ0n) is 16.8. The van der Waals surface area contributed by atoms with Gasteiger partial charge in [0, 0.05) is 25.7 Å². The van der Waals surface area contributed by atoms with Gasteiger partial charge in [-0.15, -0.1) is 0 Å². The van der Waals surface area contributed by atoms with E-state index in [9.17, 15) is 4.39 Å². The highest BCUT2D eigenvalue weighted by Crippen LogP contribution is 2.27. The molecular formula is C21H27ClFN5S. The minimum Gasteiger partial charge on any atom is -0.362 e. The number of nitrogens with zero attached hydrogens (tertiary/aromatic N) is 3. The Labute approximate surface area is 182 Å². The Morgan fingerprint density at radius 2 is 1.90 bits per heavy atom. The van der Waals surface area contributed by atoms with Gasteiger partial charge < -0.3 is 15.5 Å². The summed E-state index contributed by atoms with van der Waals surface area (Å²) in [4.78, 5) is 11.1. The zero-order valence-corrected chi connectivity index (χ0v) is 18.4. The first-order valence-corrected chi connectivity index (χ1v) is 10.8. The maximum Gasteiger partial charge on any atom is 0.232 e. The third-order valence-corrected chi connectivity index (χ3v) is 5.38. The first-order valence-electron chi connectivity index (χ1n) is 9.98. The number of thiocarbonyl (C=S) groups is 1. The maximum atomic E-state index is 12.9. The Balaban J connectivity index is 1.50. The molecule has 0 aliphatic carbocycles. The standard InChI is InChI=1S/C21H27ClFN5S/c1-14-10-15(2)13-28(12-14)19-11-18(22)25-20(26-19)27-21(29)24-9-3-4-16-5-7-17(23)8-6-16/h5-8,11,14-15H,3-4,9-10,12-13H2,1-2H3,(H2,24,25,26,27,29)/t14-,15-/m0/s1. The molecule has 8 heteroatoms. The second-order valence-electron chi connectivity index (χ2n) is 7.83. The van der Waals surface area contributed by atoms with Gasteiger partial charge in [-0.1, -0.05) is 37.6 Å². The van der Waals surface area contributed by atoms with Crippen molar-refractivity contribution in [1.29, 1.82) is 0 Å². The molecule has 2 atom stereocenters. The summed E-state index contributed by atoms with van der Waals surface area (Å²) in [7, 11) is 0. The number of piperidine rings is 1. The highest BCUT2D eigenvalue weighted by Gasteiger charge is 2.23. The number of rotatable bonds is 6. The molecule has 2 N–H and O–H groups in total. The molecule has 3 rings (SSSR count). The van der Waals surface area contributed by atoms with Gasteiger partial charge in [0.05, 0.1) is 0 Å². The fourth-order valence-corrected chi connectivity index (χ4v) is 4.14. The van der Waals surface area contributed by atoms with E-state index in [2.05, 4.69) is 39.3 Å². The molecule has 1 fully saturated rings. The zero-order chi connectivity index (χ0) is 20.8. The van der Waals surface area contributed by atoms with Crippen molar-refractivity contribution in [3.63, 3.8) is 0 Å². The smallest absolute Gasteiger partial charge is 0.232 e. The topological polar surface area (TPSA) is 53.1 Å². The first-order chi connectivity index (χ1) is 13.9. The number of aromatic nitrogens is 2. The number of nitrogens with one attached hydrogen (secondary N) is 2. The van der Waals surface area contributed by atoms with Gasteiger partial charge in [0.15, 0.2) is 5.11 Å². The molecule has 1 aliphatic heterocycles. The van der Waals surface area contributed by atoms with Crippen molar-refractivity contribution in [3.05, 3.63) is 46.9 Å². The molecule has 0 amide bonds. The van der Waals surface area contributed by atoms with Gasteiger partial charge in [-0.3, -0.25) is 0 Å². The van der Waals surface area contributed by atoms with E-state index in [1.165, 1.54) is 18.6 Å². The summed E-state index contributed by atoms with van der Waals surface area (Å²) in [5.41, 5.74) is 1.10. The highest BCUT2D eigenvalue weighted by atomic mass is 35.5. The van der Waals surface area contributed by atoms with Crippen molar-refractivity contribution in [2.75, 3.05) is 29.9 Å². The van der Waals surface area contributed by atoms with E-state index in [-0.39, 0.29) is 5.82 Å². The van der Waals surface area contributed by atoms with Crippen LogP contribution >= 0.6 is 23.8 Å². The van der Waals surface area contributed by atoms with Crippen LogP contribution in [0.4, 0.5) is 16.2 Å². The van der Waals surface area contributed by atoms with Crippen LogP contribution in [0.15, 0.2) is 30.3 Å². The van der Waals surface area contributed by atoms with Crippen molar-refractivity contribution in [1.82, 2.24) is 15.3 Å². The Hall–Kier alpha value is -1.99. The molecule has 2 heterocycles. The fourth-order valence-electron chi connectivity index (χ4n) is 3.76. The third-order valence-electron chi connectivity index (χ3n) is 4.94. The maximum absolute atomic E-state index is 12.9. The predicted octanol–water partition coefficient (Wildman–Crippen LogP) is 4.67. The Kier molecular flexibility index (Phi) is 7.61.